The monoisotopic (exact) mass is 586 g/mol. The van der Waals surface area contributed by atoms with Crippen LogP contribution in [0.15, 0.2) is 16.9 Å². The molecule has 0 aromatic carbocycles. The highest BCUT2D eigenvalue weighted by Gasteiger charge is 2.37. The highest BCUT2D eigenvalue weighted by molar-refractivity contribution is 6.33. The molecule has 0 aliphatic heterocycles. The maximum Gasteiger partial charge on any atom is 0.427 e. The summed E-state index contributed by atoms with van der Waals surface area (Å²) in [6.45, 7) is 11.9. The molecule has 0 atom stereocenters. The molecule has 40 heavy (non-hydrogen) atoms. The summed E-state index contributed by atoms with van der Waals surface area (Å²) in [6.07, 6.45) is -8.47. The lowest BCUT2D eigenvalue weighted by molar-refractivity contribution is -0.137. The Balaban J connectivity index is 2.40. The SMILES string of the molecule is Cc1cc(-c2c(Cl)nc(N(C(=O)OC(C)(C)C)C(=O)OC(C)(C)C)n3c(=O)n(CCC(F)(F)F)nc23)cc(C)n1. The molecule has 0 aliphatic carbocycles. The third-order valence-corrected chi connectivity index (χ3v) is 5.27. The number of carbonyl (C=O) groups excluding carboxylic acids is 2. The molecule has 218 valence electrons. The minimum absolute atomic E-state index is 0.0789. The second-order valence-electron chi connectivity index (χ2n) is 11.0. The van der Waals surface area contributed by atoms with E-state index in [9.17, 15) is 27.6 Å². The van der Waals surface area contributed by atoms with E-state index in [-0.39, 0.29) is 16.4 Å². The zero-order valence-electron chi connectivity index (χ0n) is 23.3. The van der Waals surface area contributed by atoms with Crippen LogP contribution in [0.5, 0.6) is 0 Å². The van der Waals surface area contributed by atoms with Crippen LogP contribution >= 0.6 is 11.6 Å². The summed E-state index contributed by atoms with van der Waals surface area (Å²) in [5.41, 5.74) is -1.87. The van der Waals surface area contributed by atoms with Crippen LogP contribution in [-0.2, 0) is 16.0 Å². The Morgan fingerprint density at radius 3 is 1.90 bits per heavy atom. The van der Waals surface area contributed by atoms with Gasteiger partial charge in [0.1, 0.15) is 16.4 Å². The van der Waals surface area contributed by atoms with Gasteiger partial charge in [-0.1, -0.05) is 11.6 Å². The first-order chi connectivity index (χ1) is 18.2. The summed E-state index contributed by atoms with van der Waals surface area (Å²) in [5.74, 6) is -0.669. The smallest absolute Gasteiger partial charge is 0.427 e. The number of rotatable bonds is 4. The van der Waals surface area contributed by atoms with Gasteiger partial charge in [0.05, 0.1) is 18.5 Å². The number of hydrogen-bond donors (Lipinski definition) is 0. The Kier molecular flexibility index (Phi) is 8.26. The van der Waals surface area contributed by atoms with Gasteiger partial charge in [-0.15, -0.1) is 10.00 Å². The molecule has 0 saturated heterocycles. The van der Waals surface area contributed by atoms with Crippen LogP contribution in [-0.4, -0.2) is 53.7 Å². The quantitative estimate of drug-likeness (QED) is 0.349. The topological polar surface area (TPSA) is 121 Å². The molecule has 0 aliphatic rings. The van der Waals surface area contributed by atoms with E-state index in [1.807, 2.05) is 0 Å². The molecule has 0 spiro atoms. The lowest BCUT2D eigenvalue weighted by atomic mass is 10.1. The average Bonchev–Trinajstić information content (AvgIpc) is 3.04. The number of anilines is 1. The molecular weight excluding hydrogens is 557 g/mol. The van der Waals surface area contributed by atoms with Gasteiger partial charge >= 0.3 is 24.1 Å². The summed E-state index contributed by atoms with van der Waals surface area (Å²) in [7, 11) is 0. The van der Waals surface area contributed by atoms with Gasteiger partial charge < -0.3 is 9.47 Å². The van der Waals surface area contributed by atoms with E-state index in [4.69, 9.17) is 21.1 Å². The number of nitrogens with zero attached hydrogens (tertiary/aromatic N) is 6. The Labute approximate surface area is 232 Å². The number of halogens is 4. The van der Waals surface area contributed by atoms with Gasteiger partial charge in [0.25, 0.3) is 0 Å². The zero-order chi connectivity index (χ0) is 30.4. The maximum atomic E-state index is 13.5. The van der Waals surface area contributed by atoms with Gasteiger partial charge in [0, 0.05) is 11.4 Å². The van der Waals surface area contributed by atoms with E-state index in [1.54, 1.807) is 67.5 Å². The molecule has 11 nitrogen and oxygen atoms in total. The Bertz CT molecular complexity index is 1470. The second-order valence-corrected chi connectivity index (χ2v) is 11.4. The summed E-state index contributed by atoms with van der Waals surface area (Å²) >= 11 is 6.57. The fraction of sp³-hybridized carbons (Fsp3) is 0.520. The molecule has 0 radical (unpaired) electrons. The molecule has 15 heteroatoms. The number of hydrogen-bond acceptors (Lipinski definition) is 8. The van der Waals surface area contributed by atoms with E-state index >= 15 is 0 Å². The molecule has 0 saturated carbocycles. The van der Waals surface area contributed by atoms with Crippen LogP contribution in [0, 0.1) is 13.8 Å². The first kappa shape index (κ1) is 30.9. The largest absolute Gasteiger partial charge is 0.443 e. The molecule has 0 fully saturated rings. The lowest BCUT2D eigenvalue weighted by Gasteiger charge is -2.28. The normalized spacial score (nSPS) is 12.5. The fourth-order valence-electron chi connectivity index (χ4n) is 3.64. The van der Waals surface area contributed by atoms with E-state index in [2.05, 4.69) is 15.1 Å². The van der Waals surface area contributed by atoms with Crippen molar-refractivity contribution in [3.8, 4) is 11.1 Å². The van der Waals surface area contributed by atoms with Crippen molar-refractivity contribution in [3.05, 3.63) is 39.2 Å². The van der Waals surface area contributed by atoms with Crippen LogP contribution in [0.3, 0.4) is 0 Å². The number of amides is 2. The molecule has 0 unspecified atom stereocenters. The fourth-order valence-corrected chi connectivity index (χ4v) is 3.91. The molecule has 3 rings (SSSR count). The summed E-state index contributed by atoms with van der Waals surface area (Å²) < 4.78 is 51.2. The van der Waals surface area contributed by atoms with E-state index in [0.717, 1.165) is 4.40 Å². The highest BCUT2D eigenvalue weighted by atomic mass is 35.5. The average molecular weight is 587 g/mol. The van der Waals surface area contributed by atoms with Crippen molar-refractivity contribution < 1.29 is 32.2 Å². The van der Waals surface area contributed by atoms with Gasteiger partial charge in [-0.05, 0) is 73.1 Å². The third kappa shape index (κ3) is 7.29. The number of fused-ring (bicyclic) bond motifs is 1. The first-order valence-corrected chi connectivity index (χ1v) is 12.5. The molecule has 3 aromatic rings. The number of imide groups is 1. The van der Waals surface area contributed by atoms with Crippen LogP contribution in [0.4, 0.5) is 28.7 Å². The van der Waals surface area contributed by atoms with Gasteiger partial charge in [0.15, 0.2) is 5.65 Å². The van der Waals surface area contributed by atoms with Gasteiger partial charge in [0.2, 0.25) is 5.95 Å². The number of aryl methyl sites for hydroxylation is 3. The van der Waals surface area contributed by atoms with Crippen molar-refractivity contribution in [2.75, 3.05) is 4.90 Å². The van der Waals surface area contributed by atoms with E-state index < -0.39 is 54.2 Å². The Hall–Kier alpha value is -3.68. The van der Waals surface area contributed by atoms with Gasteiger partial charge in [-0.2, -0.15) is 13.2 Å². The van der Waals surface area contributed by atoms with Crippen molar-refractivity contribution in [2.24, 2.45) is 0 Å². The van der Waals surface area contributed by atoms with E-state index in [0.29, 0.717) is 26.5 Å². The van der Waals surface area contributed by atoms with Crippen LogP contribution in [0.2, 0.25) is 5.15 Å². The van der Waals surface area contributed by atoms with Crippen molar-refractivity contribution in [2.45, 2.75) is 85.7 Å². The second kappa shape index (κ2) is 10.7. The minimum Gasteiger partial charge on any atom is -0.443 e. The van der Waals surface area contributed by atoms with E-state index in [1.165, 1.54) is 0 Å². The minimum atomic E-state index is -4.59. The summed E-state index contributed by atoms with van der Waals surface area (Å²) in [5, 5.41) is 3.82. The predicted octanol–water partition coefficient (Wildman–Crippen LogP) is 5.85. The Morgan fingerprint density at radius 2 is 1.45 bits per heavy atom. The van der Waals surface area contributed by atoms with Crippen molar-refractivity contribution >= 4 is 35.4 Å². The molecule has 0 bridgehead atoms. The number of aromatic nitrogens is 5. The van der Waals surface area contributed by atoms with Crippen LogP contribution in [0.1, 0.15) is 59.4 Å². The van der Waals surface area contributed by atoms with Crippen LogP contribution in [0.25, 0.3) is 16.8 Å². The number of ether oxygens (including phenoxy) is 2. The lowest BCUT2D eigenvalue weighted by Crippen LogP contribution is -2.45. The molecule has 2 amide bonds. The summed E-state index contributed by atoms with van der Waals surface area (Å²) in [6, 6.07) is 3.24. The van der Waals surface area contributed by atoms with Gasteiger partial charge in [-0.25, -0.2) is 28.5 Å². The zero-order valence-corrected chi connectivity index (χ0v) is 24.1. The van der Waals surface area contributed by atoms with Crippen molar-refractivity contribution in [1.82, 2.24) is 24.1 Å². The van der Waals surface area contributed by atoms with Crippen molar-refractivity contribution in [1.29, 1.82) is 0 Å². The Morgan fingerprint density at radius 1 is 0.950 bits per heavy atom. The maximum absolute atomic E-state index is 13.5. The highest BCUT2D eigenvalue weighted by Crippen LogP contribution is 2.34. The third-order valence-electron chi connectivity index (χ3n) is 5.00. The number of carbonyl (C=O) groups is 2. The molecule has 0 N–H and O–H groups in total. The van der Waals surface area contributed by atoms with Gasteiger partial charge in [-0.3, -0.25) is 4.98 Å². The van der Waals surface area contributed by atoms with Crippen molar-refractivity contribution in [3.63, 3.8) is 0 Å². The standard InChI is InChI=1S/C25H30ClF3N6O5/c1-13-11-15(12-14(2)30-13)16-17(26)31-19(34-18(16)32-33(20(34)36)10-9-25(27,28)29)35(21(37)39-23(3,4)5)22(38)40-24(6,7)8/h11-12H,9-10H2,1-8H3. The molecule has 3 aromatic heterocycles. The van der Waals surface area contributed by atoms with Crippen LogP contribution < -0.4 is 10.6 Å². The number of alkyl halides is 3. The number of pyridine rings is 1. The molecule has 3 heterocycles. The predicted molar refractivity (Wildman–Crippen MR) is 141 cm³/mol. The summed E-state index contributed by atoms with van der Waals surface area (Å²) in [4.78, 5) is 48.9. The molecular formula is C25H30ClF3N6O5. The first-order valence-electron chi connectivity index (χ1n) is 12.1.